The molecule has 0 aliphatic heterocycles. The summed E-state index contributed by atoms with van der Waals surface area (Å²) in [7, 11) is 0. The summed E-state index contributed by atoms with van der Waals surface area (Å²) in [5.41, 5.74) is 2.80. The third-order valence-electron chi connectivity index (χ3n) is 4.22. The highest BCUT2D eigenvalue weighted by molar-refractivity contribution is 5.82. The van der Waals surface area contributed by atoms with Gasteiger partial charge in [-0.15, -0.1) is 0 Å². The summed E-state index contributed by atoms with van der Waals surface area (Å²) in [4.78, 5) is 8.55. The van der Waals surface area contributed by atoms with Crippen molar-refractivity contribution in [1.82, 2.24) is 15.6 Å². The molecule has 0 spiro atoms. The van der Waals surface area contributed by atoms with Crippen LogP contribution in [0.5, 0.6) is 0 Å². The van der Waals surface area contributed by atoms with Crippen molar-refractivity contribution in [2.24, 2.45) is 4.99 Å². The van der Waals surface area contributed by atoms with Gasteiger partial charge in [-0.1, -0.05) is 18.2 Å². The Labute approximate surface area is 153 Å². The Morgan fingerprint density at radius 3 is 2.69 bits per heavy atom. The number of nitrogens with zero attached hydrogens (tertiary/aromatic N) is 2. The summed E-state index contributed by atoms with van der Waals surface area (Å²) in [6.45, 7) is 5.57. The summed E-state index contributed by atoms with van der Waals surface area (Å²) in [6, 6.07) is 11.6. The van der Waals surface area contributed by atoms with Gasteiger partial charge in [-0.3, -0.25) is 4.98 Å². The van der Waals surface area contributed by atoms with Gasteiger partial charge in [0.2, 0.25) is 0 Å². The Balaban J connectivity index is 1.67. The molecule has 2 heterocycles. The molecule has 0 bridgehead atoms. The van der Waals surface area contributed by atoms with E-state index in [1.807, 2.05) is 32.0 Å². The molecule has 0 saturated heterocycles. The molecule has 0 aliphatic carbocycles. The van der Waals surface area contributed by atoms with Crippen molar-refractivity contribution in [1.29, 1.82) is 0 Å². The third kappa shape index (κ3) is 4.21. The van der Waals surface area contributed by atoms with Crippen molar-refractivity contribution in [2.75, 3.05) is 13.1 Å². The van der Waals surface area contributed by atoms with Crippen LogP contribution in [0.25, 0.3) is 11.0 Å². The first-order chi connectivity index (χ1) is 12.7. The fraction of sp³-hybridized carbons (Fsp3) is 0.300. The maximum atomic E-state index is 10.3. The van der Waals surface area contributed by atoms with E-state index in [-0.39, 0.29) is 0 Å². The van der Waals surface area contributed by atoms with Crippen LogP contribution in [-0.4, -0.2) is 29.1 Å². The molecule has 1 aromatic carbocycles. The normalized spacial score (nSPS) is 13.0. The predicted molar refractivity (Wildman–Crippen MR) is 103 cm³/mol. The molecule has 6 heteroatoms. The number of aliphatic hydroxyl groups is 1. The molecule has 6 nitrogen and oxygen atoms in total. The van der Waals surface area contributed by atoms with Gasteiger partial charge in [-0.2, -0.15) is 0 Å². The molecule has 1 unspecified atom stereocenters. The van der Waals surface area contributed by atoms with Crippen LogP contribution in [0, 0.1) is 6.92 Å². The Hall–Kier alpha value is -2.86. The number of aromatic nitrogens is 1. The van der Waals surface area contributed by atoms with Crippen molar-refractivity contribution in [3.63, 3.8) is 0 Å². The van der Waals surface area contributed by atoms with E-state index in [2.05, 4.69) is 26.7 Å². The third-order valence-corrected chi connectivity index (χ3v) is 4.22. The number of rotatable bonds is 6. The summed E-state index contributed by atoms with van der Waals surface area (Å²) >= 11 is 0. The molecule has 0 amide bonds. The average Bonchev–Trinajstić information content (AvgIpc) is 3.00. The number of aryl methyl sites for hydroxylation is 1. The van der Waals surface area contributed by atoms with Gasteiger partial charge >= 0.3 is 0 Å². The fourth-order valence-corrected chi connectivity index (χ4v) is 2.77. The standard InChI is InChI=1S/C20H24N4O2/c1-3-22-20(23-12-17(25)15-8-10-21-11-9-15)24-13-19-14(2)16-6-4-5-7-18(16)26-19/h4-11,17,25H,3,12-13H2,1-2H3,(H2,22,23,24). The second-order valence-electron chi connectivity index (χ2n) is 6.02. The number of guanidine groups is 1. The van der Waals surface area contributed by atoms with Gasteiger partial charge in [-0.25, -0.2) is 4.99 Å². The van der Waals surface area contributed by atoms with Crippen LogP contribution in [0.2, 0.25) is 0 Å². The van der Waals surface area contributed by atoms with Crippen LogP contribution in [0.4, 0.5) is 0 Å². The predicted octanol–water partition coefficient (Wildman–Crippen LogP) is 2.92. The molecule has 3 rings (SSSR count). The van der Waals surface area contributed by atoms with Crippen LogP contribution in [0.3, 0.4) is 0 Å². The van der Waals surface area contributed by atoms with Gasteiger partial charge < -0.3 is 20.2 Å². The fourth-order valence-electron chi connectivity index (χ4n) is 2.77. The molecule has 26 heavy (non-hydrogen) atoms. The Bertz CT molecular complexity index is 874. The molecule has 0 fully saturated rings. The highest BCUT2D eigenvalue weighted by Crippen LogP contribution is 2.25. The van der Waals surface area contributed by atoms with Crippen LogP contribution in [0.15, 0.2) is 58.2 Å². The van der Waals surface area contributed by atoms with E-state index < -0.39 is 6.10 Å². The monoisotopic (exact) mass is 352 g/mol. The number of furan rings is 1. The van der Waals surface area contributed by atoms with Gasteiger partial charge in [0.05, 0.1) is 6.10 Å². The summed E-state index contributed by atoms with van der Waals surface area (Å²) in [5.74, 6) is 1.48. The minimum absolute atomic E-state index is 0.356. The first-order valence-electron chi connectivity index (χ1n) is 8.76. The van der Waals surface area contributed by atoms with E-state index in [0.717, 1.165) is 34.4 Å². The lowest BCUT2D eigenvalue weighted by molar-refractivity contribution is 0.180. The lowest BCUT2D eigenvalue weighted by Crippen LogP contribution is -2.39. The Morgan fingerprint density at radius 2 is 1.96 bits per heavy atom. The van der Waals surface area contributed by atoms with Crippen LogP contribution < -0.4 is 10.6 Å². The molecule has 0 radical (unpaired) electrons. The molecule has 3 aromatic rings. The first kappa shape index (κ1) is 17.9. The van der Waals surface area contributed by atoms with E-state index >= 15 is 0 Å². The zero-order chi connectivity index (χ0) is 18.4. The van der Waals surface area contributed by atoms with E-state index in [4.69, 9.17) is 4.42 Å². The van der Waals surface area contributed by atoms with Gasteiger partial charge in [0.15, 0.2) is 5.96 Å². The topological polar surface area (TPSA) is 82.7 Å². The highest BCUT2D eigenvalue weighted by atomic mass is 16.3. The SMILES string of the molecule is CCNC(=NCc1oc2ccccc2c1C)NCC(O)c1ccncc1. The summed E-state index contributed by atoms with van der Waals surface area (Å²) in [6.07, 6.45) is 2.71. The second-order valence-corrected chi connectivity index (χ2v) is 6.02. The van der Waals surface area contributed by atoms with Crippen molar-refractivity contribution in [2.45, 2.75) is 26.5 Å². The van der Waals surface area contributed by atoms with E-state index in [1.54, 1.807) is 24.5 Å². The van der Waals surface area contributed by atoms with Crippen molar-refractivity contribution in [3.8, 4) is 0 Å². The largest absolute Gasteiger partial charge is 0.459 e. The minimum Gasteiger partial charge on any atom is -0.459 e. The number of aliphatic hydroxyl groups excluding tert-OH is 1. The van der Waals surface area contributed by atoms with E-state index in [9.17, 15) is 5.11 Å². The molecular formula is C20H24N4O2. The number of aliphatic imine (C=N–C) groups is 1. The van der Waals surface area contributed by atoms with Crippen LogP contribution in [0.1, 0.15) is 29.9 Å². The zero-order valence-electron chi connectivity index (χ0n) is 15.1. The molecule has 1 atom stereocenters. The lowest BCUT2D eigenvalue weighted by atomic mass is 10.1. The summed E-state index contributed by atoms with van der Waals surface area (Å²) in [5, 5.41) is 17.7. The number of hydrogen-bond donors (Lipinski definition) is 3. The second kappa shape index (κ2) is 8.49. The average molecular weight is 352 g/mol. The number of fused-ring (bicyclic) bond motifs is 1. The van der Waals surface area contributed by atoms with Crippen molar-refractivity contribution >= 4 is 16.9 Å². The number of benzene rings is 1. The van der Waals surface area contributed by atoms with Gasteiger partial charge in [0.1, 0.15) is 17.9 Å². The smallest absolute Gasteiger partial charge is 0.191 e. The molecule has 0 aliphatic rings. The van der Waals surface area contributed by atoms with E-state index in [0.29, 0.717) is 19.0 Å². The Morgan fingerprint density at radius 1 is 1.19 bits per heavy atom. The van der Waals surface area contributed by atoms with Gasteiger partial charge in [-0.05, 0) is 37.6 Å². The number of para-hydroxylation sites is 1. The van der Waals surface area contributed by atoms with E-state index in [1.165, 1.54) is 0 Å². The van der Waals surface area contributed by atoms with Gasteiger partial charge in [0.25, 0.3) is 0 Å². The number of nitrogens with one attached hydrogen (secondary N) is 2. The van der Waals surface area contributed by atoms with Crippen molar-refractivity contribution < 1.29 is 9.52 Å². The van der Waals surface area contributed by atoms with Crippen molar-refractivity contribution in [3.05, 3.63) is 65.7 Å². The lowest BCUT2D eigenvalue weighted by Gasteiger charge is -2.15. The number of hydrogen-bond acceptors (Lipinski definition) is 4. The highest BCUT2D eigenvalue weighted by Gasteiger charge is 2.11. The summed E-state index contributed by atoms with van der Waals surface area (Å²) < 4.78 is 5.90. The maximum absolute atomic E-state index is 10.3. The molecular weight excluding hydrogens is 328 g/mol. The Kier molecular flexibility index (Phi) is 5.86. The van der Waals surface area contributed by atoms with Gasteiger partial charge in [0, 0.05) is 36.4 Å². The van der Waals surface area contributed by atoms with Crippen LogP contribution in [-0.2, 0) is 6.54 Å². The molecule has 136 valence electrons. The number of pyridine rings is 1. The molecule has 2 aromatic heterocycles. The van der Waals surface area contributed by atoms with Crippen LogP contribution >= 0.6 is 0 Å². The maximum Gasteiger partial charge on any atom is 0.191 e. The first-order valence-corrected chi connectivity index (χ1v) is 8.76. The minimum atomic E-state index is -0.630. The molecule has 0 saturated carbocycles. The zero-order valence-corrected chi connectivity index (χ0v) is 15.1. The quantitative estimate of drug-likeness (QED) is 0.469. The molecule has 3 N–H and O–H groups in total.